The maximum Gasteiger partial charge on any atom is 0.337 e. The lowest BCUT2D eigenvalue weighted by atomic mass is 9.75. The van der Waals surface area contributed by atoms with E-state index in [-0.39, 0.29) is 5.56 Å². The van der Waals surface area contributed by atoms with Gasteiger partial charge in [-0.3, -0.25) is 0 Å². The number of rotatable bonds is 3. The number of hydrogen-bond donors (Lipinski definition) is 2. The largest absolute Gasteiger partial charge is 0.478 e. The molecule has 0 atom stereocenters. The van der Waals surface area contributed by atoms with Gasteiger partial charge in [-0.25, -0.2) is 4.79 Å². The first-order chi connectivity index (χ1) is 8.87. The van der Waals surface area contributed by atoms with Crippen LogP contribution in [0.3, 0.4) is 0 Å². The molecule has 2 N–H and O–H groups in total. The van der Waals surface area contributed by atoms with Crippen LogP contribution in [0, 0.1) is 5.41 Å². The summed E-state index contributed by atoms with van der Waals surface area (Å²) in [5.41, 5.74) is 1.32. The summed E-state index contributed by atoms with van der Waals surface area (Å²) in [6.07, 6.45) is 4.46. The van der Waals surface area contributed by atoms with Crippen LogP contribution in [0.25, 0.3) is 0 Å². The van der Waals surface area contributed by atoms with Crippen LogP contribution in [0.4, 0.5) is 5.69 Å². The van der Waals surface area contributed by atoms with Gasteiger partial charge in [-0.15, -0.1) is 0 Å². The number of anilines is 1. The van der Waals surface area contributed by atoms with Gasteiger partial charge >= 0.3 is 5.97 Å². The second kappa shape index (κ2) is 5.41. The summed E-state index contributed by atoms with van der Waals surface area (Å²) >= 11 is 5.95. The predicted molar refractivity (Wildman–Crippen MR) is 78.1 cm³/mol. The molecule has 1 fully saturated rings. The van der Waals surface area contributed by atoms with Gasteiger partial charge in [-0.05, 0) is 49.3 Å². The van der Waals surface area contributed by atoms with E-state index in [1.165, 1.54) is 0 Å². The van der Waals surface area contributed by atoms with Gasteiger partial charge in [0, 0.05) is 11.1 Å². The van der Waals surface area contributed by atoms with Gasteiger partial charge in [0.05, 0.1) is 11.3 Å². The molecule has 1 aromatic rings. The maximum atomic E-state index is 11.2. The van der Waals surface area contributed by atoms with Gasteiger partial charge in [0.15, 0.2) is 0 Å². The van der Waals surface area contributed by atoms with Gasteiger partial charge < -0.3 is 10.4 Å². The Morgan fingerprint density at radius 1 is 1.37 bits per heavy atom. The van der Waals surface area contributed by atoms with E-state index in [9.17, 15) is 9.90 Å². The second-order valence-electron chi connectivity index (χ2n) is 6.08. The molecule has 0 aliphatic heterocycles. The van der Waals surface area contributed by atoms with Crippen molar-refractivity contribution in [1.82, 2.24) is 0 Å². The number of aromatic carboxylic acids is 1. The predicted octanol–water partition coefficient (Wildman–Crippen LogP) is 4.42. The van der Waals surface area contributed by atoms with Crippen LogP contribution >= 0.6 is 11.6 Å². The van der Waals surface area contributed by atoms with E-state index >= 15 is 0 Å². The van der Waals surface area contributed by atoms with Crippen LogP contribution in [-0.4, -0.2) is 17.1 Å². The van der Waals surface area contributed by atoms with E-state index in [2.05, 4.69) is 19.2 Å². The Balaban J connectivity index is 2.11. The van der Waals surface area contributed by atoms with E-state index in [1.807, 2.05) is 0 Å². The van der Waals surface area contributed by atoms with Gasteiger partial charge in [-0.1, -0.05) is 25.4 Å². The second-order valence-corrected chi connectivity index (χ2v) is 6.51. The van der Waals surface area contributed by atoms with Crippen molar-refractivity contribution < 1.29 is 9.90 Å². The summed E-state index contributed by atoms with van der Waals surface area (Å²) in [5.74, 6) is -0.921. The van der Waals surface area contributed by atoms with Crippen molar-refractivity contribution in [1.29, 1.82) is 0 Å². The zero-order valence-corrected chi connectivity index (χ0v) is 12.1. The minimum atomic E-state index is -0.921. The van der Waals surface area contributed by atoms with Crippen LogP contribution in [-0.2, 0) is 0 Å². The minimum absolute atomic E-state index is 0.286. The van der Waals surface area contributed by atoms with E-state index < -0.39 is 5.97 Å². The first-order valence-corrected chi connectivity index (χ1v) is 7.04. The van der Waals surface area contributed by atoms with Crippen molar-refractivity contribution in [3.05, 3.63) is 28.8 Å². The lowest BCUT2D eigenvalue weighted by Crippen LogP contribution is -2.30. The molecule has 0 spiro atoms. The number of carbonyl (C=O) groups is 1. The maximum absolute atomic E-state index is 11.2. The third-order valence-electron chi connectivity index (χ3n) is 3.91. The lowest BCUT2D eigenvalue weighted by molar-refractivity contribution is 0.0698. The number of carboxylic acids is 1. The molecule has 0 aromatic heterocycles. The fourth-order valence-corrected chi connectivity index (χ4v) is 2.76. The minimum Gasteiger partial charge on any atom is -0.478 e. The summed E-state index contributed by atoms with van der Waals surface area (Å²) in [4.78, 5) is 11.2. The first kappa shape index (κ1) is 14.2. The van der Waals surface area contributed by atoms with Crippen LogP contribution in [0.1, 0.15) is 49.9 Å². The molecule has 0 heterocycles. The highest BCUT2D eigenvalue weighted by Gasteiger charge is 2.27. The van der Waals surface area contributed by atoms with Crippen molar-refractivity contribution in [3.8, 4) is 0 Å². The molecule has 4 heteroatoms. The normalized spacial score (nSPS) is 19.1. The third kappa shape index (κ3) is 3.63. The number of nitrogens with one attached hydrogen (secondary N) is 1. The third-order valence-corrected chi connectivity index (χ3v) is 4.15. The topological polar surface area (TPSA) is 49.3 Å². The SMILES string of the molecule is CC1(C)CCC(Nc2cc(Cl)ccc2C(=O)O)CC1. The molecule has 19 heavy (non-hydrogen) atoms. The molecule has 1 aromatic carbocycles. The smallest absolute Gasteiger partial charge is 0.337 e. The molecular weight excluding hydrogens is 262 g/mol. The highest BCUT2D eigenvalue weighted by Crippen LogP contribution is 2.36. The lowest BCUT2D eigenvalue weighted by Gasteiger charge is -2.35. The van der Waals surface area contributed by atoms with Crippen molar-refractivity contribution in [2.45, 2.75) is 45.6 Å². The molecule has 2 rings (SSSR count). The molecular formula is C15H20ClNO2. The average molecular weight is 282 g/mol. The van der Waals surface area contributed by atoms with E-state index in [1.54, 1.807) is 18.2 Å². The van der Waals surface area contributed by atoms with Crippen LogP contribution in [0.5, 0.6) is 0 Å². The zero-order chi connectivity index (χ0) is 14.0. The van der Waals surface area contributed by atoms with Gasteiger partial charge in [0.2, 0.25) is 0 Å². The Hall–Kier alpha value is -1.22. The number of carboxylic acid groups (broad SMARTS) is 1. The van der Waals surface area contributed by atoms with Gasteiger partial charge in [0.25, 0.3) is 0 Å². The van der Waals surface area contributed by atoms with Gasteiger partial charge in [-0.2, -0.15) is 0 Å². The summed E-state index contributed by atoms with van der Waals surface area (Å²) in [6.45, 7) is 4.57. The van der Waals surface area contributed by atoms with Crippen LogP contribution in [0.2, 0.25) is 5.02 Å². The first-order valence-electron chi connectivity index (χ1n) is 6.67. The summed E-state index contributed by atoms with van der Waals surface area (Å²) in [7, 11) is 0. The quantitative estimate of drug-likeness (QED) is 0.862. The standard InChI is InChI=1S/C15H20ClNO2/c1-15(2)7-5-11(6-8-15)17-13-9-10(16)3-4-12(13)14(18)19/h3-4,9,11,17H,5-8H2,1-2H3,(H,18,19). The molecule has 1 aliphatic carbocycles. The number of benzene rings is 1. The van der Waals surface area contributed by atoms with E-state index in [4.69, 9.17) is 11.6 Å². The molecule has 0 unspecified atom stereocenters. The van der Waals surface area contributed by atoms with Gasteiger partial charge in [0.1, 0.15) is 0 Å². The summed E-state index contributed by atoms with van der Waals surface area (Å²) < 4.78 is 0. The Morgan fingerprint density at radius 2 is 2.00 bits per heavy atom. The highest BCUT2D eigenvalue weighted by molar-refractivity contribution is 6.31. The molecule has 1 saturated carbocycles. The average Bonchev–Trinajstić information content (AvgIpc) is 2.31. The van der Waals surface area contributed by atoms with Crippen molar-refractivity contribution in [2.75, 3.05) is 5.32 Å². The molecule has 104 valence electrons. The fraction of sp³-hybridized carbons (Fsp3) is 0.533. The Labute approximate surface area is 119 Å². The molecule has 1 aliphatic rings. The number of hydrogen-bond acceptors (Lipinski definition) is 2. The molecule has 0 saturated heterocycles. The van der Waals surface area contributed by atoms with Crippen LogP contribution in [0.15, 0.2) is 18.2 Å². The Kier molecular flexibility index (Phi) is 4.04. The van der Waals surface area contributed by atoms with E-state index in [0.717, 1.165) is 25.7 Å². The van der Waals surface area contributed by atoms with Crippen LogP contribution < -0.4 is 5.32 Å². The molecule has 0 bridgehead atoms. The van der Waals surface area contributed by atoms with Crippen molar-refractivity contribution in [2.24, 2.45) is 5.41 Å². The molecule has 0 radical (unpaired) electrons. The summed E-state index contributed by atoms with van der Waals surface area (Å²) in [6, 6.07) is 5.20. The van der Waals surface area contributed by atoms with Crippen molar-refractivity contribution in [3.63, 3.8) is 0 Å². The zero-order valence-electron chi connectivity index (χ0n) is 11.4. The number of halogens is 1. The monoisotopic (exact) mass is 281 g/mol. The van der Waals surface area contributed by atoms with Crippen molar-refractivity contribution >= 4 is 23.3 Å². The summed E-state index contributed by atoms with van der Waals surface area (Å²) in [5, 5.41) is 13.1. The fourth-order valence-electron chi connectivity index (χ4n) is 2.59. The highest BCUT2D eigenvalue weighted by atomic mass is 35.5. The Bertz CT molecular complexity index is 475. The molecule has 3 nitrogen and oxygen atoms in total. The molecule has 0 amide bonds. The van der Waals surface area contributed by atoms with E-state index in [0.29, 0.717) is 22.2 Å². The Morgan fingerprint density at radius 3 is 2.58 bits per heavy atom.